The number of amides is 1. The average molecular weight is 386 g/mol. The molecule has 6 nitrogen and oxygen atoms in total. The van der Waals surface area contributed by atoms with Gasteiger partial charge in [0.15, 0.2) is 11.5 Å². The maximum atomic E-state index is 13.6. The molecule has 2 aliphatic rings. The van der Waals surface area contributed by atoms with Crippen LogP contribution in [0.3, 0.4) is 0 Å². The summed E-state index contributed by atoms with van der Waals surface area (Å²) in [5, 5.41) is 3.37. The zero-order valence-electron chi connectivity index (χ0n) is 16.0. The number of hydrogen-bond donors (Lipinski definition) is 1. The first-order valence-electron chi connectivity index (χ1n) is 9.87. The van der Waals surface area contributed by atoms with Gasteiger partial charge in [-0.3, -0.25) is 9.78 Å². The third-order valence-electron chi connectivity index (χ3n) is 5.36. The Balaban J connectivity index is 1.61. The van der Waals surface area contributed by atoms with Crippen LogP contribution in [0.2, 0.25) is 0 Å². The molecular formula is C23H22N4O2. The number of nitrogens with one attached hydrogen (secondary N) is 1. The molecule has 0 spiro atoms. The van der Waals surface area contributed by atoms with E-state index in [-0.39, 0.29) is 5.91 Å². The zero-order chi connectivity index (χ0) is 19.6. The Morgan fingerprint density at radius 3 is 2.62 bits per heavy atom. The third kappa shape index (κ3) is 3.32. The van der Waals surface area contributed by atoms with Gasteiger partial charge in [-0.2, -0.15) is 0 Å². The van der Waals surface area contributed by atoms with Crippen LogP contribution in [0.25, 0.3) is 0 Å². The van der Waals surface area contributed by atoms with Crippen molar-refractivity contribution in [2.45, 2.75) is 6.54 Å². The van der Waals surface area contributed by atoms with Gasteiger partial charge in [0.25, 0.3) is 5.91 Å². The van der Waals surface area contributed by atoms with Gasteiger partial charge < -0.3 is 19.9 Å². The van der Waals surface area contributed by atoms with Crippen LogP contribution < -0.4 is 19.9 Å². The molecule has 0 radical (unpaired) electrons. The molecule has 6 heteroatoms. The molecule has 0 unspecified atom stereocenters. The van der Waals surface area contributed by atoms with E-state index in [4.69, 9.17) is 4.74 Å². The van der Waals surface area contributed by atoms with Crippen molar-refractivity contribution >= 4 is 17.3 Å². The second-order valence-corrected chi connectivity index (χ2v) is 7.21. The van der Waals surface area contributed by atoms with Crippen molar-refractivity contribution in [1.29, 1.82) is 0 Å². The van der Waals surface area contributed by atoms with Gasteiger partial charge >= 0.3 is 0 Å². The highest BCUT2D eigenvalue weighted by Gasteiger charge is 2.31. The monoisotopic (exact) mass is 386 g/mol. The average Bonchev–Trinajstić information content (AvgIpc) is 2.90. The summed E-state index contributed by atoms with van der Waals surface area (Å²) < 4.78 is 6.38. The molecule has 0 atom stereocenters. The van der Waals surface area contributed by atoms with Crippen LogP contribution in [0, 0.1) is 0 Å². The molecule has 0 bridgehead atoms. The van der Waals surface area contributed by atoms with Crippen molar-refractivity contribution in [3.05, 3.63) is 78.1 Å². The van der Waals surface area contributed by atoms with E-state index in [1.165, 1.54) is 0 Å². The predicted octanol–water partition coefficient (Wildman–Crippen LogP) is 3.44. The highest BCUT2D eigenvalue weighted by atomic mass is 16.5. The number of fused-ring (bicyclic) bond motifs is 2. The molecular weight excluding hydrogens is 364 g/mol. The zero-order valence-corrected chi connectivity index (χ0v) is 16.0. The minimum Gasteiger partial charge on any atom is -0.452 e. The summed E-state index contributed by atoms with van der Waals surface area (Å²) in [6.45, 7) is 4.04. The fourth-order valence-corrected chi connectivity index (χ4v) is 3.92. The number of benzene rings is 2. The van der Waals surface area contributed by atoms with E-state index in [1.807, 2.05) is 54.6 Å². The lowest BCUT2D eigenvalue weighted by molar-refractivity contribution is 0.0985. The molecule has 0 aliphatic carbocycles. The van der Waals surface area contributed by atoms with E-state index in [0.29, 0.717) is 23.6 Å². The van der Waals surface area contributed by atoms with E-state index in [1.54, 1.807) is 17.3 Å². The van der Waals surface area contributed by atoms with E-state index < -0.39 is 0 Å². The molecule has 5 rings (SSSR count). The van der Waals surface area contributed by atoms with Gasteiger partial charge in [0, 0.05) is 38.6 Å². The number of nitrogens with zero attached hydrogens (tertiary/aromatic N) is 3. The Bertz CT molecular complexity index is 1030. The summed E-state index contributed by atoms with van der Waals surface area (Å²) >= 11 is 0. The molecule has 2 aromatic carbocycles. The topological polar surface area (TPSA) is 57.7 Å². The van der Waals surface area contributed by atoms with Gasteiger partial charge in [0.2, 0.25) is 0 Å². The molecule has 1 amide bonds. The van der Waals surface area contributed by atoms with Gasteiger partial charge in [0.05, 0.1) is 23.5 Å². The number of rotatable bonds is 3. The summed E-state index contributed by atoms with van der Waals surface area (Å²) in [4.78, 5) is 21.9. The fraction of sp³-hybridized carbons (Fsp3) is 0.217. The second kappa shape index (κ2) is 7.56. The SMILES string of the molecule is O=C1c2cccc(N3CCNCC3)c2Oc2ccccc2N1Cc1cccnc1. The van der Waals surface area contributed by atoms with Gasteiger partial charge in [0.1, 0.15) is 0 Å². The first-order valence-corrected chi connectivity index (χ1v) is 9.87. The van der Waals surface area contributed by atoms with E-state index in [2.05, 4.69) is 15.2 Å². The van der Waals surface area contributed by atoms with Crippen molar-refractivity contribution < 1.29 is 9.53 Å². The van der Waals surface area contributed by atoms with Gasteiger partial charge in [-0.05, 0) is 35.9 Å². The van der Waals surface area contributed by atoms with Crippen LogP contribution in [0.1, 0.15) is 15.9 Å². The molecule has 3 aromatic rings. The minimum atomic E-state index is -0.0641. The van der Waals surface area contributed by atoms with Crippen molar-refractivity contribution in [2.75, 3.05) is 36.0 Å². The number of carbonyl (C=O) groups is 1. The van der Waals surface area contributed by atoms with Crippen LogP contribution >= 0.6 is 0 Å². The summed E-state index contributed by atoms with van der Waals surface area (Å²) in [5.74, 6) is 1.26. The van der Waals surface area contributed by atoms with Gasteiger partial charge in [-0.1, -0.05) is 24.3 Å². The van der Waals surface area contributed by atoms with Crippen molar-refractivity contribution in [3.8, 4) is 11.5 Å². The molecule has 29 heavy (non-hydrogen) atoms. The summed E-state index contributed by atoms with van der Waals surface area (Å²) in [6.07, 6.45) is 3.53. The quantitative estimate of drug-likeness (QED) is 0.747. The largest absolute Gasteiger partial charge is 0.452 e. The number of anilines is 2. The van der Waals surface area contributed by atoms with E-state index in [9.17, 15) is 4.79 Å². The number of piperazine rings is 1. The standard InChI is InChI=1S/C23H22N4O2/c28-23-18-6-3-8-20(26-13-11-24-12-14-26)22(18)29-21-9-2-1-7-19(21)27(23)16-17-5-4-10-25-15-17/h1-10,15,24H,11-14,16H2. The van der Waals surface area contributed by atoms with Crippen LogP contribution in [0.4, 0.5) is 11.4 Å². The smallest absolute Gasteiger partial charge is 0.262 e. The molecule has 3 heterocycles. The number of aromatic nitrogens is 1. The van der Waals surface area contributed by atoms with E-state index >= 15 is 0 Å². The lowest BCUT2D eigenvalue weighted by atomic mass is 10.1. The predicted molar refractivity (Wildman–Crippen MR) is 113 cm³/mol. The summed E-state index contributed by atoms with van der Waals surface area (Å²) in [7, 11) is 0. The highest BCUT2D eigenvalue weighted by Crippen LogP contribution is 2.44. The Labute approximate surface area is 169 Å². The number of carbonyl (C=O) groups excluding carboxylic acids is 1. The van der Waals surface area contributed by atoms with Crippen molar-refractivity contribution in [1.82, 2.24) is 10.3 Å². The molecule has 1 N–H and O–H groups in total. The maximum absolute atomic E-state index is 13.6. The highest BCUT2D eigenvalue weighted by molar-refractivity contribution is 6.10. The Morgan fingerprint density at radius 1 is 0.966 bits per heavy atom. The maximum Gasteiger partial charge on any atom is 0.262 e. The Kier molecular flexibility index (Phi) is 4.62. The normalized spacial score (nSPS) is 15.9. The molecule has 1 aromatic heterocycles. The third-order valence-corrected chi connectivity index (χ3v) is 5.36. The molecule has 146 valence electrons. The Morgan fingerprint density at radius 2 is 1.79 bits per heavy atom. The number of ether oxygens (including phenoxy) is 1. The lowest BCUT2D eigenvalue weighted by Crippen LogP contribution is -2.43. The van der Waals surface area contributed by atoms with Crippen LogP contribution in [0.15, 0.2) is 67.0 Å². The molecule has 2 aliphatic heterocycles. The number of pyridine rings is 1. The molecule has 0 saturated carbocycles. The second-order valence-electron chi connectivity index (χ2n) is 7.21. The van der Waals surface area contributed by atoms with Gasteiger partial charge in [-0.15, -0.1) is 0 Å². The van der Waals surface area contributed by atoms with Crippen molar-refractivity contribution in [2.24, 2.45) is 0 Å². The van der Waals surface area contributed by atoms with E-state index in [0.717, 1.165) is 43.1 Å². The van der Waals surface area contributed by atoms with Crippen molar-refractivity contribution in [3.63, 3.8) is 0 Å². The molecule has 1 saturated heterocycles. The Hall–Kier alpha value is -3.38. The van der Waals surface area contributed by atoms with Crippen LogP contribution in [-0.4, -0.2) is 37.1 Å². The first kappa shape index (κ1) is 17.7. The number of para-hydroxylation sites is 3. The fourth-order valence-electron chi connectivity index (χ4n) is 3.92. The summed E-state index contributed by atoms with van der Waals surface area (Å²) in [5.41, 5.74) is 3.29. The first-order chi connectivity index (χ1) is 14.3. The minimum absolute atomic E-state index is 0.0641. The van der Waals surface area contributed by atoms with Crippen LogP contribution in [0.5, 0.6) is 11.5 Å². The lowest BCUT2D eigenvalue weighted by Gasteiger charge is -2.31. The summed E-state index contributed by atoms with van der Waals surface area (Å²) in [6, 6.07) is 17.4. The van der Waals surface area contributed by atoms with Crippen LogP contribution in [-0.2, 0) is 6.54 Å². The molecule has 1 fully saturated rings. The van der Waals surface area contributed by atoms with Gasteiger partial charge in [-0.25, -0.2) is 0 Å². The number of hydrogen-bond acceptors (Lipinski definition) is 5.